The maximum Gasteiger partial charge on any atom is 0.326 e. The van der Waals surface area contributed by atoms with Crippen LogP contribution in [0, 0.1) is 5.92 Å². The summed E-state index contributed by atoms with van der Waals surface area (Å²) in [6.07, 6.45) is 1.69. The average molecular weight is 434 g/mol. The second kappa shape index (κ2) is 13.0. The maximum absolute atomic E-state index is 12.5. The molecule has 0 aliphatic carbocycles. The lowest BCUT2D eigenvalue weighted by Gasteiger charge is -2.26. The number of amides is 4. The topological polar surface area (TPSA) is 194 Å². The largest absolute Gasteiger partial charge is 0.480 e. The van der Waals surface area contributed by atoms with Crippen LogP contribution in [0.15, 0.2) is 0 Å². The third-order valence-corrected chi connectivity index (χ3v) is 4.63. The minimum Gasteiger partial charge on any atom is -0.480 e. The summed E-state index contributed by atoms with van der Waals surface area (Å²) >= 11 is 1.45. The normalized spacial score (nSPS) is 15.0. The number of thioether (sulfide) groups is 1. The number of carbonyl (C=O) groups excluding carboxylic acids is 4. The Hall–Kier alpha value is -2.34. The Morgan fingerprint density at radius 1 is 0.966 bits per heavy atom. The number of nitrogens with one attached hydrogen (secondary N) is 3. The Morgan fingerprint density at radius 3 is 2.00 bits per heavy atom. The van der Waals surface area contributed by atoms with Gasteiger partial charge in [-0.3, -0.25) is 19.2 Å². The second-order valence-electron chi connectivity index (χ2n) is 6.92. The van der Waals surface area contributed by atoms with Gasteiger partial charge in [0.05, 0.1) is 12.5 Å². The number of nitrogens with two attached hydrogens (primary N) is 2. The molecule has 8 N–H and O–H groups in total. The average Bonchev–Trinajstić information content (AvgIpc) is 2.61. The monoisotopic (exact) mass is 433 g/mol. The second-order valence-corrected chi connectivity index (χ2v) is 7.90. The van der Waals surface area contributed by atoms with E-state index in [1.165, 1.54) is 18.7 Å². The van der Waals surface area contributed by atoms with Gasteiger partial charge in [-0.15, -0.1) is 0 Å². The van der Waals surface area contributed by atoms with Gasteiger partial charge in [-0.2, -0.15) is 11.8 Å². The van der Waals surface area contributed by atoms with Gasteiger partial charge < -0.3 is 32.5 Å². The van der Waals surface area contributed by atoms with E-state index in [2.05, 4.69) is 16.0 Å². The fourth-order valence-corrected chi connectivity index (χ4v) is 2.73. The zero-order valence-corrected chi connectivity index (χ0v) is 17.9. The summed E-state index contributed by atoms with van der Waals surface area (Å²) in [5.41, 5.74) is 10.5. The van der Waals surface area contributed by atoms with Crippen molar-refractivity contribution < 1.29 is 29.1 Å². The molecule has 0 rings (SSSR count). The Kier molecular flexibility index (Phi) is 11.9. The molecule has 0 heterocycles. The highest BCUT2D eigenvalue weighted by molar-refractivity contribution is 7.98. The molecule has 166 valence electrons. The molecule has 0 aliphatic heterocycles. The molecule has 0 aromatic rings. The van der Waals surface area contributed by atoms with Crippen LogP contribution in [-0.4, -0.2) is 70.9 Å². The first-order chi connectivity index (χ1) is 13.4. The van der Waals surface area contributed by atoms with Gasteiger partial charge in [0.1, 0.15) is 18.1 Å². The molecule has 4 unspecified atom stereocenters. The predicted molar refractivity (Wildman–Crippen MR) is 109 cm³/mol. The molecule has 0 spiro atoms. The molecule has 0 radical (unpaired) electrons. The first kappa shape index (κ1) is 26.7. The van der Waals surface area contributed by atoms with Crippen LogP contribution in [0.2, 0.25) is 0 Å². The standard InChI is InChI=1S/C17H31N5O6S/c1-8(2)13(16(26)21-11(17(27)28)5-6-29-4)22-14(24)9(3)20-15(25)10(18)7-12(19)23/h8-11,13H,5-7,18H2,1-4H3,(H2,19,23)(H,20,25)(H,21,26)(H,22,24)(H,27,28). The van der Waals surface area contributed by atoms with Crippen LogP contribution >= 0.6 is 11.8 Å². The molecule has 29 heavy (non-hydrogen) atoms. The van der Waals surface area contributed by atoms with Gasteiger partial charge in [0.2, 0.25) is 23.6 Å². The Labute approximate surface area is 174 Å². The van der Waals surface area contributed by atoms with Crippen molar-refractivity contribution in [3.63, 3.8) is 0 Å². The van der Waals surface area contributed by atoms with Crippen LogP contribution in [0.5, 0.6) is 0 Å². The number of hydrogen-bond donors (Lipinski definition) is 6. The summed E-state index contributed by atoms with van der Waals surface area (Å²) < 4.78 is 0. The first-order valence-electron chi connectivity index (χ1n) is 9.07. The zero-order chi connectivity index (χ0) is 22.7. The van der Waals surface area contributed by atoms with Crippen LogP contribution in [0.1, 0.15) is 33.6 Å². The number of primary amides is 1. The SMILES string of the molecule is CSCCC(NC(=O)C(NC(=O)C(C)NC(=O)C(N)CC(N)=O)C(C)C)C(=O)O. The van der Waals surface area contributed by atoms with E-state index in [0.717, 1.165) is 0 Å². The first-order valence-corrected chi connectivity index (χ1v) is 10.5. The molecule has 4 amide bonds. The van der Waals surface area contributed by atoms with E-state index in [-0.39, 0.29) is 18.8 Å². The highest BCUT2D eigenvalue weighted by atomic mass is 32.2. The molecular weight excluding hydrogens is 402 g/mol. The summed E-state index contributed by atoms with van der Waals surface area (Å²) in [6, 6.07) is -4.31. The molecular formula is C17H31N5O6S. The molecule has 0 bridgehead atoms. The van der Waals surface area contributed by atoms with Gasteiger partial charge >= 0.3 is 5.97 Å². The molecule has 0 aromatic heterocycles. The van der Waals surface area contributed by atoms with Crippen LogP contribution in [0.3, 0.4) is 0 Å². The van der Waals surface area contributed by atoms with E-state index in [1.807, 2.05) is 6.26 Å². The van der Waals surface area contributed by atoms with Crippen molar-refractivity contribution >= 4 is 41.4 Å². The molecule has 4 atom stereocenters. The molecule has 0 aromatic carbocycles. The zero-order valence-electron chi connectivity index (χ0n) is 17.1. The van der Waals surface area contributed by atoms with Crippen molar-refractivity contribution in [2.45, 2.75) is 57.8 Å². The van der Waals surface area contributed by atoms with Crippen LogP contribution in [0.25, 0.3) is 0 Å². The third kappa shape index (κ3) is 10.1. The lowest BCUT2D eigenvalue weighted by atomic mass is 10.0. The number of aliphatic carboxylic acids is 1. The lowest BCUT2D eigenvalue weighted by molar-refractivity contribution is -0.142. The summed E-state index contributed by atoms with van der Waals surface area (Å²) in [6.45, 7) is 4.76. The van der Waals surface area contributed by atoms with Crippen LogP contribution < -0.4 is 27.4 Å². The lowest BCUT2D eigenvalue weighted by Crippen LogP contribution is -2.58. The number of carboxylic acid groups (broad SMARTS) is 1. The molecule has 12 heteroatoms. The number of hydrogen-bond acceptors (Lipinski definition) is 7. The van der Waals surface area contributed by atoms with E-state index >= 15 is 0 Å². The number of rotatable bonds is 13. The summed E-state index contributed by atoms with van der Waals surface area (Å²) in [5.74, 6) is -3.74. The molecule has 0 fully saturated rings. The molecule has 11 nitrogen and oxygen atoms in total. The van der Waals surface area contributed by atoms with Crippen molar-refractivity contribution in [3.05, 3.63) is 0 Å². The van der Waals surface area contributed by atoms with Crippen molar-refractivity contribution in [3.8, 4) is 0 Å². The van der Waals surface area contributed by atoms with Gasteiger partial charge in [0, 0.05) is 0 Å². The number of carbonyl (C=O) groups is 5. The van der Waals surface area contributed by atoms with Crippen molar-refractivity contribution in [1.29, 1.82) is 0 Å². The minimum atomic E-state index is -1.19. The molecule has 0 saturated heterocycles. The summed E-state index contributed by atoms with van der Waals surface area (Å²) in [4.78, 5) is 58.9. The van der Waals surface area contributed by atoms with E-state index in [4.69, 9.17) is 11.5 Å². The van der Waals surface area contributed by atoms with Crippen molar-refractivity contribution in [2.75, 3.05) is 12.0 Å². The van der Waals surface area contributed by atoms with Crippen LogP contribution in [0.4, 0.5) is 0 Å². The molecule has 0 aliphatic rings. The predicted octanol–water partition coefficient (Wildman–Crippen LogP) is -1.84. The van der Waals surface area contributed by atoms with E-state index in [0.29, 0.717) is 5.75 Å². The van der Waals surface area contributed by atoms with Gasteiger partial charge in [-0.05, 0) is 31.3 Å². The summed E-state index contributed by atoms with van der Waals surface area (Å²) in [5, 5.41) is 16.5. The minimum absolute atomic E-state index is 0.241. The van der Waals surface area contributed by atoms with Gasteiger partial charge in [-0.1, -0.05) is 13.8 Å². The van der Waals surface area contributed by atoms with Crippen molar-refractivity contribution in [1.82, 2.24) is 16.0 Å². The van der Waals surface area contributed by atoms with Crippen LogP contribution in [-0.2, 0) is 24.0 Å². The quantitative estimate of drug-likeness (QED) is 0.195. The smallest absolute Gasteiger partial charge is 0.326 e. The Balaban J connectivity index is 4.98. The van der Waals surface area contributed by atoms with Gasteiger partial charge in [-0.25, -0.2) is 4.79 Å². The summed E-state index contributed by atoms with van der Waals surface area (Å²) in [7, 11) is 0. The van der Waals surface area contributed by atoms with E-state index in [9.17, 15) is 29.1 Å². The maximum atomic E-state index is 12.5. The van der Waals surface area contributed by atoms with E-state index < -0.39 is 53.8 Å². The van der Waals surface area contributed by atoms with E-state index in [1.54, 1.807) is 13.8 Å². The Bertz CT molecular complexity index is 615. The van der Waals surface area contributed by atoms with Gasteiger partial charge in [0.15, 0.2) is 0 Å². The highest BCUT2D eigenvalue weighted by Crippen LogP contribution is 2.06. The fourth-order valence-electron chi connectivity index (χ4n) is 2.26. The Morgan fingerprint density at radius 2 is 1.55 bits per heavy atom. The van der Waals surface area contributed by atoms with Gasteiger partial charge in [0.25, 0.3) is 0 Å². The molecule has 0 saturated carbocycles. The van der Waals surface area contributed by atoms with Crippen molar-refractivity contribution in [2.24, 2.45) is 17.4 Å². The highest BCUT2D eigenvalue weighted by Gasteiger charge is 2.30. The fraction of sp³-hybridized carbons (Fsp3) is 0.706. The number of carboxylic acids is 1. The third-order valence-electron chi connectivity index (χ3n) is 3.98.